The number of nitrogens with zero attached hydrogens (tertiary/aromatic N) is 2. The Morgan fingerprint density at radius 1 is 1.30 bits per heavy atom. The van der Waals surface area contributed by atoms with Crippen molar-refractivity contribution in [2.75, 3.05) is 19.6 Å². The zero-order chi connectivity index (χ0) is 19.2. The Kier molecular flexibility index (Phi) is 6.40. The van der Waals surface area contributed by atoms with Gasteiger partial charge in [-0.05, 0) is 50.3 Å². The number of aromatic nitrogens is 2. The topological polar surface area (TPSA) is 78.1 Å². The Morgan fingerprint density at radius 3 is 2.81 bits per heavy atom. The number of nitrogens with one attached hydrogen (secondary N) is 2. The first kappa shape index (κ1) is 19.3. The predicted molar refractivity (Wildman–Crippen MR) is 105 cm³/mol. The van der Waals surface area contributed by atoms with Gasteiger partial charge in [0.05, 0.1) is 0 Å². The lowest BCUT2D eigenvalue weighted by Crippen LogP contribution is -2.31. The van der Waals surface area contributed by atoms with Crippen molar-refractivity contribution in [1.29, 1.82) is 0 Å². The second-order valence-corrected chi connectivity index (χ2v) is 7.41. The molecule has 144 valence electrons. The zero-order valence-corrected chi connectivity index (χ0v) is 16.1. The van der Waals surface area contributed by atoms with Crippen LogP contribution >= 0.6 is 0 Å². The first-order valence-corrected chi connectivity index (χ1v) is 9.60. The van der Waals surface area contributed by atoms with Crippen LogP contribution in [0.15, 0.2) is 35.1 Å². The maximum atomic E-state index is 12.2. The summed E-state index contributed by atoms with van der Waals surface area (Å²) in [5.74, 6) is 0.567. The van der Waals surface area contributed by atoms with Gasteiger partial charge < -0.3 is 10.3 Å². The fourth-order valence-corrected chi connectivity index (χ4v) is 3.77. The van der Waals surface area contributed by atoms with Crippen molar-refractivity contribution in [3.8, 4) is 0 Å². The molecule has 0 saturated carbocycles. The average molecular weight is 368 g/mol. The highest BCUT2D eigenvalue weighted by Crippen LogP contribution is 2.18. The van der Waals surface area contributed by atoms with Gasteiger partial charge in [0.15, 0.2) is 0 Å². The van der Waals surface area contributed by atoms with E-state index in [9.17, 15) is 9.59 Å². The molecule has 1 saturated heterocycles. The number of carbonyl (C=O) groups is 1. The van der Waals surface area contributed by atoms with Gasteiger partial charge in [-0.25, -0.2) is 4.79 Å². The van der Waals surface area contributed by atoms with Crippen molar-refractivity contribution in [3.05, 3.63) is 63.3 Å². The predicted octanol–water partition coefficient (Wildman–Crippen LogP) is 1.96. The van der Waals surface area contributed by atoms with Crippen LogP contribution in [0.5, 0.6) is 0 Å². The molecule has 2 aromatic rings. The van der Waals surface area contributed by atoms with Gasteiger partial charge in [0.2, 0.25) is 5.91 Å². The molecule has 1 amide bonds. The SMILES string of the molecule is Cc1nc(=O)[nH]c(C)c1CCC(=O)NC[C@@H]1CCN(Cc2ccccc2)C1. The van der Waals surface area contributed by atoms with E-state index >= 15 is 0 Å². The number of aromatic amines is 1. The van der Waals surface area contributed by atoms with Gasteiger partial charge in [-0.15, -0.1) is 0 Å². The molecule has 3 rings (SSSR count). The maximum Gasteiger partial charge on any atom is 0.345 e. The summed E-state index contributed by atoms with van der Waals surface area (Å²) >= 11 is 0. The molecule has 6 heteroatoms. The second kappa shape index (κ2) is 8.95. The van der Waals surface area contributed by atoms with Gasteiger partial charge in [-0.3, -0.25) is 9.69 Å². The van der Waals surface area contributed by atoms with E-state index in [1.54, 1.807) is 0 Å². The van der Waals surface area contributed by atoms with Crippen molar-refractivity contribution in [1.82, 2.24) is 20.2 Å². The highest BCUT2D eigenvalue weighted by atomic mass is 16.1. The molecule has 0 radical (unpaired) electrons. The molecule has 1 fully saturated rings. The van der Waals surface area contributed by atoms with Crippen LogP contribution in [-0.2, 0) is 17.8 Å². The Bertz CT molecular complexity index is 806. The smallest absolute Gasteiger partial charge is 0.345 e. The summed E-state index contributed by atoms with van der Waals surface area (Å²) in [5, 5.41) is 3.07. The third-order valence-corrected chi connectivity index (χ3v) is 5.26. The van der Waals surface area contributed by atoms with Gasteiger partial charge in [0.1, 0.15) is 0 Å². The number of amides is 1. The highest BCUT2D eigenvalue weighted by molar-refractivity contribution is 5.76. The van der Waals surface area contributed by atoms with Crippen molar-refractivity contribution >= 4 is 5.91 Å². The van der Waals surface area contributed by atoms with Gasteiger partial charge >= 0.3 is 5.69 Å². The minimum atomic E-state index is -0.334. The molecule has 1 aliphatic rings. The fourth-order valence-electron chi connectivity index (χ4n) is 3.77. The molecule has 1 atom stereocenters. The number of hydrogen-bond acceptors (Lipinski definition) is 4. The first-order chi connectivity index (χ1) is 13.0. The molecule has 1 aromatic carbocycles. The Labute approximate surface area is 160 Å². The van der Waals surface area contributed by atoms with E-state index in [4.69, 9.17) is 0 Å². The Morgan fingerprint density at radius 2 is 2.07 bits per heavy atom. The first-order valence-electron chi connectivity index (χ1n) is 9.60. The standard InChI is InChI=1S/C21H28N4O2/c1-15-19(16(2)24-21(27)23-15)8-9-20(26)22-12-18-10-11-25(14-18)13-17-6-4-3-5-7-17/h3-7,18H,8-14H2,1-2H3,(H,22,26)(H,23,24,27)/t18-/m0/s1. The molecule has 2 heterocycles. The van der Waals surface area contributed by atoms with Crippen LogP contribution in [0, 0.1) is 19.8 Å². The summed E-state index contributed by atoms with van der Waals surface area (Å²) in [5.41, 5.74) is 3.46. The third kappa shape index (κ3) is 5.50. The van der Waals surface area contributed by atoms with E-state index in [0.29, 0.717) is 24.5 Å². The van der Waals surface area contributed by atoms with Crippen LogP contribution in [0.3, 0.4) is 0 Å². The summed E-state index contributed by atoms with van der Waals surface area (Å²) in [6, 6.07) is 10.5. The fraction of sp³-hybridized carbons (Fsp3) is 0.476. The summed E-state index contributed by atoms with van der Waals surface area (Å²) < 4.78 is 0. The number of aryl methyl sites for hydroxylation is 2. The number of rotatable bonds is 7. The van der Waals surface area contributed by atoms with Crippen molar-refractivity contribution in [3.63, 3.8) is 0 Å². The third-order valence-electron chi connectivity index (χ3n) is 5.26. The van der Waals surface area contributed by atoms with Crippen molar-refractivity contribution in [2.24, 2.45) is 5.92 Å². The van der Waals surface area contributed by atoms with E-state index in [1.807, 2.05) is 19.9 Å². The molecule has 0 unspecified atom stereocenters. The average Bonchev–Trinajstić information content (AvgIpc) is 3.07. The number of H-pyrrole nitrogens is 1. The van der Waals surface area contributed by atoms with Gasteiger partial charge in [-0.1, -0.05) is 30.3 Å². The van der Waals surface area contributed by atoms with E-state index in [1.165, 1.54) is 5.56 Å². The van der Waals surface area contributed by atoms with E-state index in [0.717, 1.165) is 43.9 Å². The summed E-state index contributed by atoms with van der Waals surface area (Å²) in [7, 11) is 0. The molecule has 2 N–H and O–H groups in total. The Hall–Kier alpha value is -2.47. The van der Waals surface area contributed by atoms with Crippen LogP contribution in [0.1, 0.15) is 35.4 Å². The largest absolute Gasteiger partial charge is 0.356 e. The van der Waals surface area contributed by atoms with Gasteiger partial charge in [0, 0.05) is 37.4 Å². The monoisotopic (exact) mass is 368 g/mol. The number of benzene rings is 1. The van der Waals surface area contributed by atoms with E-state index in [-0.39, 0.29) is 11.6 Å². The summed E-state index contributed by atoms with van der Waals surface area (Å²) in [6.07, 6.45) is 2.13. The number of likely N-dealkylation sites (tertiary alicyclic amines) is 1. The number of hydrogen-bond donors (Lipinski definition) is 2. The van der Waals surface area contributed by atoms with Crippen LogP contribution in [-0.4, -0.2) is 40.4 Å². The minimum absolute atomic E-state index is 0.0570. The van der Waals surface area contributed by atoms with Crippen LogP contribution in [0.2, 0.25) is 0 Å². The maximum absolute atomic E-state index is 12.2. The van der Waals surface area contributed by atoms with E-state index in [2.05, 4.69) is 44.5 Å². The quantitative estimate of drug-likeness (QED) is 0.783. The summed E-state index contributed by atoms with van der Waals surface area (Å²) in [6.45, 7) is 7.47. The lowest BCUT2D eigenvalue weighted by Gasteiger charge is -2.16. The molecular weight excluding hydrogens is 340 g/mol. The summed E-state index contributed by atoms with van der Waals surface area (Å²) in [4.78, 5) is 32.6. The lowest BCUT2D eigenvalue weighted by atomic mass is 10.1. The number of carbonyl (C=O) groups excluding carboxylic acids is 1. The molecule has 0 bridgehead atoms. The van der Waals surface area contributed by atoms with E-state index < -0.39 is 0 Å². The minimum Gasteiger partial charge on any atom is -0.356 e. The lowest BCUT2D eigenvalue weighted by molar-refractivity contribution is -0.121. The van der Waals surface area contributed by atoms with Gasteiger partial charge in [-0.2, -0.15) is 4.98 Å². The normalized spacial score (nSPS) is 17.2. The van der Waals surface area contributed by atoms with Gasteiger partial charge in [0.25, 0.3) is 0 Å². The molecule has 1 aromatic heterocycles. The van der Waals surface area contributed by atoms with Crippen molar-refractivity contribution < 1.29 is 4.79 Å². The molecule has 0 spiro atoms. The molecule has 6 nitrogen and oxygen atoms in total. The zero-order valence-electron chi connectivity index (χ0n) is 16.1. The highest BCUT2D eigenvalue weighted by Gasteiger charge is 2.22. The second-order valence-electron chi connectivity index (χ2n) is 7.41. The van der Waals surface area contributed by atoms with Crippen LogP contribution in [0.4, 0.5) is 0 Å². The molecular formula is C21H28N4O2. The van der Waals surface area contributed by atoms with Crippen LogP contribution < -0.4 is 11.0 Å². The molecule has 27 heavy (non-hydrogen) atoms. The van der Waals surface area contributed by atoms with Crippen molar-refractivity contribution in [2.45, 2.75) is 39.7 Å². The molecule has 0 aliphatic carbocycles. The Balaban J connectivity index is 1.40. The van der Waals surface area contributed by atoms with Crippen LogP contribution in [0.25, 0.3) is 0 Å². The molecule has 1 aliphatic heterocycles.